The monoisotopic (exact) mass is 423 g/mol. The van der Waals surface area contributed by atoms with E-state index in [0.29, 0.717) is 5.56 Å². The summed E-state index contributed by atoms with van der Waals surface area (Å²) in [4.78, 5) is 23.8. The van der Waals surface area contributed by atoms with Crippen molar-refractivity contribution in [2.24, 2.45) is 0 Å². The van der Waals surface area contributed by atoms with Crippen LogP contribution in [0.3, 0.4) is 0 Å². The first-order valence-corrected chi connectivity index (χ1v) is 10.3. The summed E-state index contributed by atoms with van der Waals surface area (Å²) in [6.45, 7) is 5.37. The van der Waals surface area contributed by atoms with Crippen molar-refractivity contribution in [3.63, 3.8) is 0 Å². The number of rotatable bonds is 9. The van der Waals surface area contributed by atoms with Crippen molar-refractivity contribution in [3.05, 3.63) is 70.8 Å². The number of unbranched alkanes of at least 4 members (excludes halogenated alkanes) is 1. The smallest absolute Gasteiger partial charge is 0.268 e. The quantitative estimate of drug-likeness (QED) is 0.183. The Kier molecular flexibility index (Phi) is 9.72. The van der Waals surface area contributed by atoms with Gasteiger partial charge in [0.05, 0.1) is 6.10 Å². The van der Waals surface area contributed by atoms with Gasteiger partial charge >= 0.3 is 0 Å². The van der Waals surface area contributed by atoms with Gasteiger partial charge in [0.2, 0.25) is 0 Å². The molecule has 7 nitrogen and oxygen atoms in total. The highest BCUT2D eigenvalue weighted by Gasteiger charge is 2.25. The van der Waals surface area contributed by atoms with Crippen molar-refractivity contribution in [1.29, 1.82) is 0 Å². The number of hydroxylamine groups is 1. The molecule has 164 valence electrons. The predicted molar refractivity (Wildman–Crippen MR) is 118 cm³/mol. The zero-order valence-corrected chi connectivity index (χ0v) is 17.8. The lowest BCUT2D eigenvalue weighted by atomic mass is 10.1. The number of aliphatic hydroxyl groups excluding tert-OH is 1. The second-order valence-electron chi connectivity index (χ2n) is 7.22. The first kappa shape index (κ1) is 24.1. The first-order chi connectivity index (χ1) is 14.9. The van der Waals surface area contributed by atoms with Crippen molar-refractivity contribution in [1.82, 2.24) is 16.1 Å². The van der Waals surface area contributed by atoms with E-state index in [4.69, 9.17) is 5.21 Å². The van der Waals surface area contributed by atoms with Crippen LogP contribution in [0.2, 0.25) is 0 Å². The van der Waals surface area contributed by atoms with E-state index in [2.05, 4.69) is 41.5 Å². The van der Waals surface area contributed by atoms with Crippen LogP contribution in [0.15, 0.2) is 48.5 Å². The number of amides is 2. The maximum atomic E-state index is 12.3. The Hall–Kier alpha value is -3.18. The van der Waals surface area contributed by atoms with Crippen molar-refractivity contribution < 1.29 is 19.9 Å². The van der Waals surface area contributed by atoms with Gasteiger partial charge in [0.25, 0.3) is 11.8 Å². The Morgan fingerprint density at radius 1 is 1.00 bits per heavy atom. The van der Waals surface area contributed by atoms with Gasteiger partial charge in [-0.05, 0) is 61.9 Å². The molecule has 31 heavy (non-hydrogen) atoms. The van der Waals surface area contributed by atoms with Crippen LogP contribution in [0, 0.1) is 11.8 Å². The Bertz CT molecular complexity index is 913. The molecule has 0 radical (unpaired) electrons. The van der Waals surface area contributed by atoms with Crippen LogP contribution < -0.4 is 16.1 Å². The Morgan fingerprint density at radius 3 is 2.10 bits per heavy atom. The molecule has 2 amide bonds. The van der Waals surface area contributed by atoms with E-state index in [0.717, 1.165) is 24.2 Å². The first-order valence-electron chi connectivity index (χ1n) is 10.3. The van der Waals surface area contributed by atoms with E-state index in [9.17, 15) is 14.7 Å². The number of hydrogen-bond donors (Lipinski definition) is 5. The van der Waals surface area contributed by atoms with E-state index < -0.39 is 24.0 Å². The highest BCUT2D eigenvalue weighted by atomic mass is 16.5. The summed E-state index contributed by atoms with van der Waals surface area (Å²) >= 11 is 0. The minimum atomic E-state index is -1.26. The van der Waals surface area contributed by atoms with Crippen LogP contribution >= 0.6 is 0 Å². The van der Waals surface area contributed by atoms with Crippen molar-refractivity contribution in [2.75, 3.05) is 6.54 Å². The summed E-state index contributed by atoms with van der Waals surface area (Å²) in [6.07, 6.45) is 1.18. The minimum absolute atomic E-state index is 0.307. The van der Waals surface area contributed by atoms with E-state index in [1.54, 1.807) is 24.3 Å². The van der Waals surface area contributed by atoms with Gasteiger partial charge in [0, 0.05) is 23.2 Å². The minimum Gasteiger partial charge on any atom is -0.391 e. The number of hydrogen-bond acceptors (Lipinski definition) is 5. The van der Waals surface area contributed by atoms with Crippen LogP contribution in [-0.4, -0.2) is 40.8 Å². The average molecular weight is 424 g/mol. The van der Waals surface area contributed by atoms with E-state index in [1.807, 2.05) is 12.1 Å². The third-order valence-electron chi connectivity index (χ3n) is 4.65. The fraction of sp³-hybridized carbons (Fsp3) is 0.333. The molecule has 0 aliphatic carbocycles. The molecule has 2 aromatic rings. The van der Waals surface area contributed by atoms with Crippen LogP contribution in [0.4, 0.5) is 0 Å². The molecule has 0 aliphatic heterocycles. The van der Waals surface area contributed by atoms with E-state index in [1.165, 1.54) is 30.8 Å². The third kappa shape index (κ3) is 7.87. The summed E-state index contributed by atoms with van der Waals surface area (Å²) in [5, 5.41) is 24.1. The largest absolute Gasteiger partial charge is 0.391 e. The van der Waals surface area contributed by atoms with Crippen LogP contribution in [0.5, 0.6) is 0 Å². The van der Waals surface area contributed by atoms with E-state index >= 15 is 0 Å². The molecule has 0 fully saturated rings. The van der Waals surface area contributed by atoms with Gasteiger partial charge in [0.1, 0.15) is 6.04 Å². The molecule has 0 saturated heterocycles. The van der Waals surface area contributed by atoms with Crippen molar-refractivity contribution in [3.8, 4) is 11.8 Å². The third-order valence-corrected chi connectivity index (χ3v) is 4.65. The van der Waals surface area contributed by atoms with Gasteiger partial charge in [-0.2, -0.15) is 0 Å². The lowest BCUT2D eigenvalue weighted by molar-refractivity contribution is -0.133. The molecule has 2 unspecified atom stereocenters. The molecule has 7 heteroatoms. The van der Waals surface area contributed by atoms with Crippen LogP contribution in [0.25, 0.3) is 0 Å². The van der Waals surface area contributed by atoms with Gasteiger partial charge in [-0.3, -0.25) is 14.8 Å². The SMILES string of the molecule is CCCCNCc1ccc(C#Cc2ccc(C(=O)NC(C(=O)NO)C(C)O)cc2)cc1. The van der Waals surface area contributed by atoms with Crippen LogP contribution in [-0.2, 0) is 11.3 Å². The van der Waals surface area contributed by atoms with Gasteiger partial charge in [-0.15, -0.1) is 0 Å². The summed E-state index contributed by atoms with van der Waals surface area (Å²) < 4.78 is 0. The second kappa shape index (κ2) is 12.5. The lowest BCUT2D eigenvalue weighted by Gasteiger charge is -2.19. The highest BCUT2D eigenvalue weighted by Crippen LogP contribution is 2.07. The van der Waals surface area contributed by atoms with Crippen molar-refractivity contribution in [2.45, 2.75) is 45.4 Å². The molecule has 2 aromatic carbocycles. The fourth-order valence-corrected chi connectivity index (χ4v) is 2.79. The molecule has 0 aromatic heterocycles. The molecule has 2 rings (SSSR count). The number of carbonyl (C=O) groups excluding carboxylic acids is 2. The fourth-order valence-electron chi connectivity index (χ4n) is 2.79. The van der Waals surface area contributed by atoms with Crippen molar-refractivity contribution >= 4 is 11.8 Å². The molecular formula is C24H29N3O4. The number of benzene rings is 2. The molecule has 0 spiro atoms. The molecular weight excluding hydrogens is 394 g/mol. The van der Waals surface area contributed by atoms with E-state index in [-0.39, 0.29) is 0 Å². The second-order valence-corrected chi connectivity index (χ2v) is 7.22. The summed E-state index contributed by atoms with van der Waals surface area (Å²) in [5.74, 6) is 4.72. The highest BCUT2D eigenvalue weighted by molar-refractivity contribution is 5.97. The topological polar surface area (TPSA) is 111 Å². The average Bonchev–Trinajstić information content (AvgIpc) is 2.79. The van der Waals surface area contributed by atoms with Gasteiger partial charge in [0.15, 0.2) is 0 Å². The van der Waals surface area contributed by atoms with Gasteiger partial charge < -0.3 is 15.7 Å². The maximum Gasteiger partial charge on any atom is 0.268 e. The molecule has 5 N–H and O–H groups in total. The van der Waals surface area contributed by atoms with Crippen LogP contribution in [0.1, 0.15) is 53.7 Å². The Balaban J connectivity index is 1.96. The molecule has 2 atom stereocenters. The zero-order valence-electron chi connectivity index (χ0n) is 17.8. The Labute approximate surface area is 182 Å². The number of carbonyl (C=O) groups is 2. The summed E-state index contributed by atoms with van der Waals surface area (Å²) in [6, 6.07) is 13.4. The normalized spacial score (nSPS) is 12.3. The molecule has 0 heterocycles. The van der Waals surface area contributed by atoms with Gasteiger partial charge in [-0.1, -0.05) is 37.3 Å². The lowest BCUT2D eigenvalue weighted by Crippen LogP contribution is -2.51. The predicted octanol–water partition coefficient (Wildman–Crippen LogP) is 1.96. The molecule has 0 aliphatic rings. The zero-order chi connectivity index (χ0) is 22.6. The number of nitrogens with one attached hydrogen (secondary N) is 3. The molecule has 0 saturated carbocycles. The number of aliphatic hydroxyl groups is 1. The Morgan fingerprint density at radius 2 is 1.58 bits per heavy atom. The standard InChI is InChI=1S/C24H29N3O4/c1-3-4-15-25-16-20-9-7-18(8-10-20)5-6-19-11-13-21(14-12-19)23(29)26-22(17(2)28)24(30)27-31/h7-14,17,22,25,28,31H,3-4,15-16H2,1-2H3,(H,26,29)(H,27,30). The molecule has 0 bridgehead atoms. The maximum absolute atomic E-state index is 12.3. The van der Waals surface area contributed by atoms with Gasteiger partial charge in [-0.25, -0.2) is 5.48 Å². The summed E-state index contributed by atoms with van der Waals surface area (Å²) in [5.41, 5.74) is 4.58. The summed E-state index contributed by atoms with van der Waals surface area (Å²) in [7, 11) is 0.